The van der Waals surface area contributed by atoms with E-state index in [0.717, 1.165) is 40.0 Å². The van der Waals surface area contributed by atoms with Gasteiger partial charge >= 0.3 is 0 Å². The number of carbonyl (C=O) groups is 1. The Kier molecular flexibility index (Phi) is 4.81. The summed E-state index contributed by atoms with van der Waals surface area (Å²) < 4.78 is 0. The molecule has 2 heterocycles. The highest BCUT2D eigenvalue weighted by molar-refractivity contribution is 7.21. The van der Waals surface area contributed by atoms with Crippen molar-refractivity contribution in [1.29, 1.82) is 0 Å². The molecular weight excluding hydrogens is 342 g/mol. The first-order chi connectivity index (χ1) is 12.7. The fourth-order valence-corrected chi connectivity index (χ4v) is 4.88. The highest BCUT2D eigenvalue weighted by Crippen LogP contribution is 2.37. The van der Waals surface area contributed by atoms with Crippen LogP contribution in [-0.4, -0.2) is 24.0 Å². The summed E-state index contributed by atoms with van der Waals surface area (Å²) in [4.78, 5) is 19.5. The van der Waals surface area contributed by atoms with Crippen LogP contribution in [0.4, 0.5) is 5.69 Å². The van der Waals surface area contributed by atoms with Crippen LogP contribution in [0.25, 0.3) is 10.2 Å². The van der Waals surface area contributed by atoms with Gasteiger partial charge in [-0.25, -0.2) is 4.98 Å². The highest BCUT2D eigenvalue weighted by atomic mass is 32.1. The molecule has 0 radical (unpaired) electrons. The molecule has 2 aromatic heterocycles. The van der Waals surface area contributed by atoms with Crippen LogP contribution in [0.15, 0.2) is 29.9 Å². The van der Waals surface area contributed by atoms with E-state index in [9.17, 15) is 4.79 Å². The number of allylic oxidation sites excluding steroid dienone is 2. The SMILES string of the molecule is CNc1c(C(=O)NC2C=CC(C)=CC2)sc2nc3c(cc12)CCCCC3. The maximum atomic E-state index is 12.9. The number of anilines is 1. The Morgan fingerprint density at radius 2 is 2.12 bits per heavy atom. The largest absolute Gasteiger partial charge is 0.386 e. The predicted molar refractivity (Wildman–Crippen MR) is 109 cm³/mol. The number of carbonyl (C=O) groups excluding carboxylic acids is 1. The Hall–Kier alpha value is -2.14. The van der Waals surface area contributed by atoms with Crippen LogP contribution in [0.5, 0.6) is 0 Å². The van der Waals surface area contributed by atoms with E-state index in [2.05, 4.69) is 41.9 Å². The van der Waals surface area contributed by atoms with Crippen molar-refractivity contribution in [1.82, 2.24) is 10.3 Å². The summed E-state index contributed by atoms with van der Waals surface area (Å²) in [6.45, 7) is 2.08. The van der Waals surface area contributed by atoms with E-state index in [1.807, 2.05) is 7.05 Å². The van der Waals surface area contributed by atoms with Gasteiger partial charge in [0.1, 0.15) is 9.71 Å². The van der Waals surface area contributed by atoms with Crippen molar-refractivity contribution < 1.29 is 4.79 Å². The minimum absolute atomic E-state index is 0.0184. The number of fused-ring (bicyclic) bond motifs is 2. The van der Waals surface area contributed by atoms with E-state index >= 15 is 0 Å². The number of rotatable bonds is 3. The second-order valence-corrected chi connectivity index (χ2v) is 8.19. The number of hydrogen-bond donors (Lipinski definition) is 2. The standard InChI is InChI=1S/C21H25N3OS/c1-13-8-10-15(11-9-13)23-20(25)19-18(22-2)16-12-14-6-4-3-5-7-17(14)24-21(16)26-19/h8-10,12,15,22H,3-7,11H2,1-2H3,(H,23,25). The van der Waals surface area contributed by atoms with Gasteiger partial charge in [-0.3, -0.25) is 4.79 Å². The summed E-state index contributed by atoms with van der Waals surface area (Å²) in [6, 6.07) is 2.32. The zero-order chi connectivity index (χ0) is 18.1. The lowest BCUT2D eigenvalue weighted by Gasteiger charge is -2.16. The maximum absolute atomic E-state index is 12.9. The zero-order valence-electron chi connectivity index (χ0n) is 15.4. The van der Waals surface area contributed by atoms with Gasteiger partial charge in [-0.15, -0.1) is 11.3 Å². The summed E-state index contributed by atoms with van der Waals surface area (Å²) >= 11 is 1.50. The van der Waals surface area contributed by atoms with Gasteiger partial charge in [-0.05, 0) is 50.7 Å². The molecule has 4 nitrogen and oxygen atoms in total. The van der Waals surface area contributed by atoms with Gasteiger partial charge in [0, 0.05) is 18.1 Å². The topological polar surface area (TPSA) is 54.0 Å². The Bertz CT molecular complexity index is 910. The first kappa shape index (κ1) is 17.3. The number of nitrogens with zero attached hydrogens (tertiary/aromatic N) is 1. The third-order valence-corrected chi connectivity index (χ3v) is 6.37. The third-order valence-electron chi connectivity index (χ3n) is 5.27. The Morgan fingerprint density at radius 3 is 2.88 bits per heavy atom. The molecule has 0 aromatic carbocycles. The van der Waals surface area contributed by atoms with Crippen LogP contribution >= 0.6 is 11.3 Å². The fourth-order valence-electron chi connectivity index (χ4n) is 3.79. The number of amides is 1. The van der Waals surface area contributed by atoms with E-state index in [4.69, 9.17) is 4.98 Å². The fraction of sp³-hybridized carbons (Fsp3) is 0.429. The lowest BCUT2D eigenvalue weighted by atomic mass is 10.0. The molecule has 26 heavy (non-hydrogen) atoms. The van der Waals surface area contributed by atoms with Gasteiger partial charge in [0.15, 0.2) is 0 Å². The van der Waals surface area contributed by atoms with Gasteiger partial charge in [0.25, 0.3) is 5.91 Å². The van der Waals surface area contributed by atoms with Crippen molar-refractivity contribution in [3.8, 4) is 0 Å². The maximum Gasteiger partial charge on any atom is 0.264 e. The highest BCUT2D eigenvalue weighted by Gasteiger charge is 2.22. The lowest BCUT2D eigenvalue weighted by molar-refractivity contribution is 0.0949. The molecule has 0 fully saturated rings. The van der Waals surface area contributed by atoms with Gasteiger partial charge in [0.05, 0.1) is 11.7 Å². The normalized spacial score (nSPS) is 19.6. The van der Waals surface area contributed by atoms with Gasteiger partial charge in [-0.1, -0.05) is 30.2 Å². The Morgan fingerprint density at radius 1 is 1.27 bits per heavy atom. The number of nitrogens with one attached hydrogen (secondary N) is 2. The smallest absolute Gasteiger partial charge is 0.264 e. The summed E-state index contributed by atoms with van der Waals surface area (Å²) in [6.07, 6.45) is 13.0. The van der Waals surface area contributed by atoms with Crippen molar-refractivity contribution in [2.45, 2.75) is 51.5 Å². The van der Waals surface area contributed by atoms with E-state index in [-0.39, 0.29) is 11.9 Å². The summed E-state index contributed by atoms with van der Waals surface area (Å²) in [5.41, 5.74) is 4.74. The first-order valence-electron chi connectivity index (χ1n) is 9.44. The molecule has 1 atom stereocenters. The first-order valence-corrected chi connectivity index (χ1v) is 10.3. The monoisotopic (exact) mass is 367 g/mol. The van der Waals surface area contributed by atoms with E-state index < -0.39 is 0 Å². The predicted octanol–water partition coefficient (Wildman–Crippen LogP) is 4.61. The summed E-state index contributed by atoms with van der Waals surface area (Å²) in [5.74, 6) is -0.0184. The molecule has 1 amide bonds. The van der Waals surface area contributed by atoms with Crippen LogP contribution in [-0.2, 0) is 12.8 Å². The quantitative estimate of drug-likeness (QED) is 0.779. The minimum Gasteiger partial charge on any atom is -0.386 e. The molecular formula is C21H25N3OS. The molecule has 2 aliphatic carbocycles. The van der Waals surface area contributed by atoms with Crippen LogP contribution in [0.1, 0.15) is 53.5 Å². The van der Waals surface area contributed by atoms with Crippen molar-refractivity contribution in [3.05, 3.63) is 46.0 Å². The van der Waals surface area contributed by atoms with Crippen LogP contribution < -0.4 is 10.6 Å². The minimum atomic E-state index is -0.0184. The van der Waals surface area contributed by atoms with Crippen LogP contribution in [0, 0.1) is 0 Å². The molecule has 5 heteroatoms. The van der Waals surface area contributed by atoms with Crippen molar-refractivity contribution >= 4 is 33.1 Å². The number of aromatic nitrogens is 1. The summed E-state index contributed by atoms with van der Waals surface area (Å²) in [7, 11) is 1.89. The molecule has 0 saturated heterocycles. The Balaban J connectivity index is 1.66. The molecule has 4 rings (SSSR count). The Labute approximate surface area is 158 Å². The molecule has 0 spiro atoms. The van der Waals surface area contributed by atoms with E-state index in [1.54, 1.807) is 0 Å². The average molecular weight is 368 g/mol. The second kappa shape index (κ2) is 7.23. The third kappa shape index (κ3) is 3.28. The van der Waals surface area contributed by atoms with Gasteiger partial charge in [0.2, 0.25) is 0 Å². The zero-order valence-corrected chi connectivity index (χ0v) is 16.2. The van der Waals surface area contributed by atoms with Crippen LogP contribution in [0.3, 0.4) is 0 Å². The molecule has 0 bridgehead atoms. The van der Waals surface area contributed by atoms with Crippen molar-refractivity contribution in [3.63, 3.8) is 0 Å². The van der Waals surface area contributed by atoms with Gasteiger partial charge in [-0.2, -0.15) is 0 Å². The van der Waals surface area contributed by atoms with Crippen molar-refractivity contribution in [2.75, 3.05) is 12.4 Å². The number of thiophene rings is 1. The molecule has 2 aliphatic rings. The second-order valence-electron chi connectivity index (χ2n) is 7.19. The number of hydrogen-bond acceptors (Lipinski definition) is 4. The lowest BCUT2D eigenvalue weighted by Crippen LogP contribution is -2.33. The van der Waals surface area contributed by atoms with E-state index in [0.29, 0.717) is 0 Å². The molecule has 2 aromatic rings. The molecule has 0 saturated carbocycles. The molecule has 0 aliphatic heterocycles. The van der Waals surface area contributed by atoms with E-state index in [1.165, 1.54) is 47.4 Å². The molecule has 1 unspecified atom stereocenters. The average Bonchev–Trinajstić information content (AvgIpc) is 2.84. The van der Waals surface area contributed by atoms with Gasteiger partial charge < -0.3 is 10.6 Å². The number of pyridine rings is 1. The molecule has 136 valence electrons. The summed E-state index contributed by atoms with van der Waals surface area (Å²) in [5, 5.41) is 7.47. The molecule has 2 N–H and O–H groups in total. The van der Waals surface area contributed by atoms with Crippen molar-refractivity contribution in [2.24, 2.45) is 0 Å². The number of aryl methyl sites for hydroxylation is 2. The van der Waals surface area contributed by atoms with Crippen LogP contribution in [0.2, 0.25) is 0 Å².